The van der Waals surface area contributed by atoms with E-state index in [1.54, 1.807) is 0 Å². The number of thiazole rings is 1. The smallest absolute Gasteiger partial charge is 0.269 e. The van der Waals surface area contributed by atoms with Gasteiger partial charge in [0.05, 0.1) is 29.9 Å². The normalized spacial score (nSPS) is 19.3. The lowest BCUT2D eigenvalue weighted by Gasteiger charge is -2.10. The summed E-state index contributed by atoms with van der Waals surface area (Å²) in [6.07, 6.45) is -9.38. The minimum atomic E-state index is -4.78. The van der Waals surface area contributed by atoms with Crippen molar-refractivity contribution in [2.24, 2.45) is 5.92 Å². The lowest BCUT2D eigenvalue weighted by atomic mass is 10.2. The Kier molecular flexibility index (Phi) is 4.62. The topological polar surface area (TPSA) is 76.0 Å². The van der Waals surface area contributed by atoms with Gasteiger partial charge in [0, 0.05) is 18.1 Å². The average Bonchev–Trinajstić information content (AvgIpc) is 3.12. The van der Waals surface area contributed by atoms with Crippen LogP contribution in [-0.4, -0.2) is 19.2 Å². The van der Waals surface area contributed by atoms with E-state index in [0.29, 0.717) is 10.7 Å². The third-order valence-corrected chi connectivity index (χ3v) is 5.81. The average molecular weight is 468 g/mol. The van der Waals surface area contributed by atoms with Gasteiger partial charge in [0.15, 0.2) is 10.1 Å². The highest BCUT2D eigenvalue weighted by molar-refractivity contribution is 7.17. The molecule has 1 aliphatic carbocycles. The molecule has 2 atom stereocenters. The Morgan fingerprint density at radius 2 is 1.93 bits per heavy atom. The van der Waals surface area contributed by atoms with Crippen LogP contribution >= 0.6 is 22.9 Å². The van der Waals surface area contributed by atoms with Crippen LogP contribution in [-0.2, 0) is 18.9 Å². The maximum atomic E-state index is 13.5. The van der Waals surface area contributed by atoms with E-state index in [-0.39, 0.29) is 34.1 Å². The number of rotatable bonds is 3. The van der Waals surface area contributed by atoms with Crippen LogP contribution in [0.2, 0.25) is 5.15 Å². The molecule has 14 heteroatoms. The van der Waals surface area contributed by atoms with Crippen LogP contribution in [0.4, 0.5) is 26.3 Å². The molecule has 30 heavy (non-hydrogen) atoms. The van der Waals surface area contributed by atoms with Crippen molar-refractivity contribution in [3.05, 3.63) is 49.6 Å². The highest BCUT2D eigenvalue weighted by Crippen LogP contribution is 2.52. The van der Waals surface area contributed by atoms with E-state index in [2.05, 4.69) is 10.1 Å². The van der Waals surface area contributed by atoms with Crippen molar-refractivity contribution < 1.29 is 26.3 Å². The van der Waals surface area contributed by atoms with Gasteiger partial charge in [0.1, 0.15) is 10.6 Å². The van der Waals surface area contributed by atoms with Crippen LogP contribution in [0.3, 0.4) is 0 Å². The third kappa shape index (κ3) is 3.54. The first-order chi connectivity index (χ1) is 13.9. The minimum absolute atomic E-state index is 0.181. The molecule has 0 N–H and O–H groups in total. The molecular weight excluding hydrogens is 460 g/mol. The Morgan fingerprint density at radius 3 is 2.50 bits per heavy atom. The Morgan fingerprint density at radius 1 is 1.23 bits per heavy atom. The van der Waals surface area contributed by atoms with E-state index in [4.69, 9.17) is 16.9 Å². The second kappa shape index (κ2) is 6.71. The summed E-state index contributed by atoms with van der Waals surface area (Å²) in [5.41, 5.74) is -2.62. The lowest BCUT2D eigenvalue weighted by Crippen LogP contribution is -2.20. The first-order valence-electron chi connectivity index (χ1n) is 8.23. The van der Waals surface area contributed by atoms with Crippen LogP contribution < -0.4 is 5.56 Å². The number of halogens is 7. The molecule has 0 spiro atoms. The molecule has 3 aromatic rings. The van der Waals surface area contributed by atoms with Gasteiger partial charge >= 0.3 is 12.4 Å². The predicted molar refractivity (Wildman–Crippen MR) is 92.1 cm³/mol. The summed E-state index contributed by atoms with van der Waals surface area (Å²) >= 11 is 5.75. The monoisotopic (exact) mass is 467 g/mol. The molecule has 2 unspecified atom stereocenters. The van der Waals surface area contributed by atoms with E-state index < -0.39 is 52.0 Å². The van der Waals surface area contributed by atoms with Gasteiger partial charge in [-0.3, -0.25) is 13.9 Å². The lowest BCUT2D eigenvalue weighted by molar-refractivity contribution is -0.144. The quantitative estimate of drug-likeness (QED) is 0.538. The zero-order valence-electron chi connectivity index (χ0n) is 14.4. The largest absolute Gasteiger partial charge is 0.433 e. The fourth-order valence-electron chi connectivity index (χ4n) is 3.19. The van der Waals surface area contributed by atoms with Crippen molar-refractivity contribution in [1.29, 1.82) is 5.26 Å². The first-order valence-corrected chi connectivity index (χ1v) is 9.42. The van der Waals surface area contributed by atoms with E-state index >= 15 is 0 Å². The molecule has 0 radical (unpaired) electrons. The molecule has 0 amide bonds. The highest BCUT2D eigenvalue weighted by atomic mass is 35.5. The molecule has 3 heterocycles. The fourth-order valence-corrected chi connectivity index (χ4v) is 4.47. The first kappa shape index (κ1) is 20.7. The predicted octanol–water partition coefficient (Wildman–Crippen LogP) is 4.32. The Bertz CT molecular complexity index is 1250. The maximum absolute atomic E-state index is 13.5. The van der Waals surface area contributed by atoms with Gasteiger partial charge in [-0.05, 0) is 6.42 Å². The number of nitriles is 1. The molecule has 1 fully saturated rings. The van der Waals surface area contributed by atoms with Gasteiger partial charge in [0.2, 0.25) is 0 Å². The number of nitrogens with zero attached hydrogens (tertiary/aromatic N) is 5. The van der Waals surface area contributed by atoms with Crippen LogP contribution in [0.1, 0.15) is 34.3 Å². The molecule has 1 aliphatic rings. The van der Waals surface area contributed by atoms with Gasteiger partial charge in [0.25, 0.3) is 5.56 Å². The number of aromatic nitrogens is 4. The third-order valence-electron chi connectivity index (χ3n) is 4.53. The summed E-state index contributed by atoms with van der Waals surface area (Å²) in [5.74, 6) is -1.40. The highest BCUT2D eigenvalue weighted by Gasteiger charge is 2.48. The molecule has 4 rings (SSSR count). The van der Waals surface area contributed by atoms with Crippen molar-refractivity contribution in [2.75, 3.05) is 0 Å². The molecule has 3 aromatic heterocycles. The Balaban J connectivity index is 1.83. The van der Waals surface area contributed by atoms with Crippen molar-refractivity contribution in [2.45, 2.75) is 31.2 Å². The second-order valence-corrected chi connectivity index (χ2v) is 7.97. The Labute approximate surface area is 171 Å². The summed E-state index contributed by atoms with van der Waals surface area (Å²) in [4.78, 5) is 15.1. The number of fused-ring (bicyclic) bond motifs is 1. The summed E-state index contributed by atoms with van der Waals surface area (Å²) < 4.78 is 81.0. The van der Waals surface area contributed by atoms with E-state index in [0.717, 1.165) is 10.5 Å². The zero-order chi connectivity index (χ0) is 22.0. The minimum Gasteiger partial charge on any atom is -0.269 e. The summed E-state index contributed by atoms with van der Waals surface area (Å²) in [7, 11) is 0. The van der Waals surface area contributed by atoms with Gasteiger partial charge < -0.3 is 0 Å². The number of hydrogen-bond acceptors (Lipinski definition) is 5. The van der Waals surface area contributed by atoms with Crippen molar-refractivity contribution in [1.82, 2.24) is 19.2 Å². The number of alkyl halides is 6. The van der Waals surface area contributed by atoms with Gasteiger partial charge in [-0.2, -0.15) is 36.7 Å². The van der Waals surface area contributed by atoms with E-state index in [1.165, 1.54) is 0 Å². The molecule has 0 aromatic carbocycles. The summed E-state index contributed by atoms with van der Waals surface area (Å²) in [5, 5.41) is 12.0. The molecule has 0 saturated heterocycles. The van der Waals surface area contributed by atoms with Gasteiger partial charge in [-0.25, -0.2) is 4.98 Å². The van der Waals surface area contributed by atoms with Crippen LogP contribution in [0.15, 0.2) is 16.9 Å². The van der Waals surface area contributed by atoms with Gasteiger partial charge in [-0.15, -0.1) is 0 Å². The van der Waals surface area contributed by atoms with E-state index in [1.807, 2.05) is 6.07 Å². The summed E-state index contributed by atoms with van der Waals surface area (Å²) in [6.45, 7) is -0.619. The molecule has 6 nitrogen and oxygen atoms in total. The molecule has 158 valence electrons. The Hall–Kier alpha value is -2.59. The molecule has 1 saturated carbocycles. The molecule has 0 aliphatic heterocycles. The SMILES string of the molecule is N#CC1CC1c1c(C(F)(F)F)sc2nc(Cn3nc(Cl)cc3C(F)(F)F)cc(=O)n12. The second-order valence-electron chi connectivity index (χ2n) is 6.60. The van der Waals surface area contributed by atoms with Crippen LogP contribution in [0, 0.1) is 17.2 Å². The zero-order valence-corrected chi connectivity index (χ0v) is 16.0. The van der Waals surface area contributed by atoms with E-state index in [9.17, 15) is 31.1 Å². The standard InChI is InChI=1S/C16H8ClF6N5OS/c17-10-3-9(15(18,19)20)27(26-10)5-7-2-11(29)28-12(8-1-6(8)4-24)13(16(21,22)23)30-14(28)25-7/h2-3,6,8H,1,5H2. The van der Waals surface area contributed by atoms with Gasteiger partial charge in [-0.1, -0.05) is 22.9 Å². The van der Waals surface area contributed by atoms with Crippen LogP contribution in [0.5, 0.6) is 0 Å². The molecular formula is C16H8ClF6N5OS. The maximum Gasteiger partial charge on any atom is 0.433 e. The van der Waals surface area contributed by atoms with Crippen molar-refractivity contribution in [3.63, 3.8) is 0 Å². The number of hydrogen-bond donors (Lipinski definition) is 0. The fraction of sp³-hybridized carbons (Fsp3) is 0.375. The van der Waals surface area contributed by atoms with Crippen molar-refractivity contribution >= 4 is 27.9 Å². The summed E-state index contributed by atoms with van der Waals surface area (Å²) in [6, 6.07) is 3.32. The molecule has 0 bridgehead atoms. The van der Waals surface area contributed by atoms with Crippen molar-refractivity contribution in [3.8, 4) is 6.07 Å². The van der Waals surface area contributed by atoms with Crippen LogP contribution in [0.25, 0.3) is 4.96 Å².